The summed E-state index contributed by atoms with van der Waals surface area (Å²) in [5.74, 6) is -0.211. The summed E-state index contributed by atoms with van der Waals surface area (Å²) >= 11 is 0. The van der Waals surface area contributed by atoms with Crippen molar-refractivity contribution in [2.24, 2.45) is 5.92 Å². The number of anilines is 1. The summed E-state index contributed by atoms with van der Waals surface area (Å²) in [4.78, 5) is 34.3. The number of rotatable bonds is 8. The van der Waals surface area contributed by atoms with Crippen LogP contribution in [0.4, 0.5) is 11.4 Å². The standard InChI is InChI=1S/C20H22N2O6/c1-13(2)11-27-17-8-5-15(6-9-17)20(24)28-12-19(23)21-18-10-16(22(25)26)7-4-14(18)3/h4-10,13H,11-12H2,1-3H3,(H,21,23). The van der Waals surface area contributed by atoms with Crippen LogP contribution in [0.3, 0.4) is 0 Å². The predicted octanol–water partition coefficient (Wildman–Crippen LogP) is 3.73. The van der Waals surface area contributed by atoms with E-state index in [0.717, 1.165) is 0 Å². The highest BCUT2D eigenvalue weighted by Gasteiger charge is 2.14. The number of nitro benzene ring substituents is 1. The van der Waals surface area contributed by atoms with Crippen LogP contribution in [0.5, 0.6) is 5.75 Å². The fourth-order valence-corrected chi connectivity index (χ4v) is 2.21. The van der Waals surface area contributed by atoms with E-state index in [0.29, 0.717) is 29.5 Å². The second-order valence-electron chi connectivity index (χ2n) is 6.61. The highest BCUT2D eigenvalue weighted by Crippen LogP contribution is 2.21. The van der Waals surface area contributed by atoms with E-state index in [2.05, 4.69) is 5.32 Å². The van der Waals surface area contributed by atoms with Gasteiger partial charge in [-0.05, 0) is 42.7 Å². The van der Waals surface area contributed by atoms with Gasteiger partial charge in [0.15, 0.2) is 6.61 Å². The first kappa shape index (κ1) is 20.9. The first-order chi connectivity index (χ1) is 13.3. The zero-order valence-electron chi connectivity index (χ0n) is 15.9. The molecule has 2 rings (SSSR count). The van der Waals surface area contributed by atoms with Crippen LogP contribution >= 0.6 is 0 Å². The molecule has 0 unspecified atom stereocenters. The summed E-state index contributed by atoms with van der Waals surface area (Å²) in [6.07, 6.45) is 0. The van der Waals surface area contributed by atoms with Gasteiger partial charge in [-0.1, -0.05) is 19.9 Å². The van der Waals surface area contributed by atoms with E-state index in [1.807, 2.05) is 13.8 Å². The van der Waals surface area contributed by atoms with Gasteiger partial charge in [-0.2, -0.15) is 0 Å². The Kier molecular flexibility index (Phi) is 7.08. The van der Waals surface area contributed by atoms with Crippen LogP contribution in [0.1, 0.15) is 29.8 Å². The van der Waals surface area contributed by atoms with Gasteiger partial charge in [-0.3, -0.25) is 14.9 Å². The quantitative estimate of drug-likeness (QED) is 0.421. The van der Waals surface area contributed by atoms with Crippen LogP contribution in [-0.2, 0) is 9.53 Å². The third kappa shape index (κ3) is 6.08. The van der Waals surface area contributed by atoms with Crippen molar-refractivity contribution in [2.75, 3.05) is 18.5 Å². The number of ether oxygens (including phenoxy) is 2. The van der Waals surface area contributed by atoms with Crippen LogP contribution in [-0.4, -0.2) is 30.0 Å². The zero-order valence-corrected chi connectivity index (χ0v) is 15.9. The molecule has 1 N–H and O–H groups in total. The Morgan fingerprint density at radius 1 is 1.14 bits per heavy atom. The number of aryl methyl sites for hydroxylation is 1. The van der Waals surface area contributed by atoms with Crippen molar-refractivity contribution < 1.29 is 24.0 Å². The lowest BCUT2D eigenvalue weighted by atomic mass is 10.2. The summed E-state index contributed by atoms with van der Waals surface area (Å²) in [5, 5.41) is 13.3. The molecule has 0 saturated carbocycles. The Morgan fingerprint density at radius 2 is 1.82 bits per heavy atom. The molecule has 2 aromatic carbocycles. The second kappa shape index (κ2) is 9.50. The lowest BCUT2D eigenvalue weighted by molar-refractivity contribution is -0.384. The van der Waals surface area contributed by atoms with Crippen LogP contribution in [0.15, 0.2) is 42.5 Å². The number of non-ortho nitro benzene ring substituents is 1. The number of hydrogen-bond donors (Lipinski definition) is 1. The van der Waals surface area contributed by atoms with Gasteiger partial charge in [0.1, 0.15) is 5.75 Å². The van der Waals surface area contributed by atoms with E-state index in [-0.39, 0.29) is 11.3 Å². The van der Waals surface area contributed by atoms with Crippen molar-refractivity contribution in [3.63, 3.8) is 0 Å². The average molecular weight is 386 g/mol. The Labute approximate surface area is 162 Å². The Balaban J connectivity index is 1.89. The molecule has 0 radical (unpaired) electrons. The van der Waals surface area contributed by atoms with Crippen LogP contribution in [0, 0.1) is 23.0 Å². The number of benzene rings is 2. The molecule has 2 aromatic rings. The Hall–Kier alpha value is -3.42. The zero-order chi connectivity index (χ0) is 20.7. The molecule has 0 heterocycles. The third-order valence-corrected chi connectivity index (χ3v) is 3.71. The molecule has 1 amide bonds. The average Bonchev–Trinajstić information content (AvgIpc) is 2.66. The van der Waals surface area contributed by atoms with Crippen molar-refractivity contribution in [3.8, 4) is 5.75 Å². The molecule has 8 heteroatoms. The lowest BCUT2D eigenvalue weighted by Gasteiger charge is -2.10. The predicted molar refractivity (Wildman–Crippen MR) is 104 cm³/mol. The molecule has 8 nitrogen and oxygen atoms in total. The molecule has 0 aliphatic heterocycles. The normalized spacial score (nSPS) is 10.4. The summed E-state index contributed by atoms with van der Waals surface area (Å²) in [6.45, 7) is 5.83. The molecule has 0 atom stereocenters. The molecule has 0 bridgehead atoms. The molecular weight excluding hydrogens is 364 g/mol. The van der Waals surface area contributed by atoms with Crippen LogP contribution in [0.25, 0.3) is 0 Å². The number of carbonyl (C=O) groups is 2. The highest BCUT2D eigenvalue weighted by molar-refractivity contribution is 5.96. The first-order valence-corrected chi connectivity index (χ1v) is 8.71. The SMILES string of the molecule is Cc1ccc([N+](=O)[O-])cc1NC(=O)COC(=O)c1ccc(OCC(C)C)cc1. The maximum absolute atomic E-state index is 12.1. The fourth-order valence-electron chi connectivity index (χ4n) is 2.21. The van der Waals surface area contributed by atoms with Crippen molar-refractivity contribution in [2.45, 2.75) is 20.8 Å². The second-order valence-corrected chi connectivity index (χ2v) is 6.61. The first-order valence-electron chi connectivity index (χ1n) is 8.71. The molecule has 28 heavy (non-hydrogen) atoms. The minimum Gasteiger partial charge on any atom is -0.493 e. The van der Waals surface area contributed by atoms with Gasteiger partial charge in [-0.15, -0.1) is 0 Å². The van der Waals surface area contributed by atoms with E-state index in [9.17, 15) is 19.7 Å². The fraction of sp³-hybridized carbons (Fsp3) is 0.300. The molecule has 148 valence electrons. The number of nitro groups is 1. The highest BCUT2D eigenvalue weighted by atomic mass is 16.6. The minimum absolute atomic E-state index is 0.141. The minimum atomic E-state index is -0.652. The maximum Gasteiger partial charge on any atom is 0.338 e. The topological polar surface area (TPSA) is 108 Å². The molecule has 0 spiro atoms. The van der Waals surface area contributed by atoms with E-state index < -0.39 is 23.4 Å². The lowest BCUT2D eigenvalue weighted by Crippen LogP contribution is -2.21. The van der Waals surface area contributed by atoms with Crippen molar-refractivity contribution >= 4 is 23.3 Å². The molecule has 0 aliphatic rings. The largest absolute Gasteiger partial charge is 0.493 e. The smallest absolute Gasteiger partial charge is 0.338 e. The summed E-state index contributed by atoms with van der Waals surface area (Å²) < 4.78 is 10.5. The van der Waals surface area contributed by atoms with E-state index in [1.165, 1.54) is 18.2 Å². The van der Waals surface area contributed by atoms with Crippen LogP contribution in [0.2, 0.25) is 0 Å². The van der Waals surface area contributed by atoms with Gasteiger partial charge in [0.2, 0.25) is 0 Å². The van der Waals surface area contributed by atoms with Gasteiger partial charge in [-0.25, -0.2) is 4.79 Å². The number of amides is 1. The number of hydrogen-bond acceptors (Lipinski definition) is 6. The maximum atomic E-state index is 12.1. The van der Waals surface area contributed by atoms with Crippen molar-refractivity contribution in [1.82, 2.24) is 0 Å². The van der Waals surface area contributed by atoms with Gasteiger partial charge in [0, 0.05) is 12.1 Å². The number of carbonyl (C=O) groups excluding carboxylic acids is 2. The van der Waals surface area contributed by atoms with E-state index in [4.69, 9.17) is 9.47 Å². The van der Waals surface area contributed by atoms with E-state index >= 15 is 0 Å². The number of nitrogens with one attached hydrogen (secondary N) is 1. The number of nitrogens with zero attached hydrogens (tertiary/aromatic N) is 1. The van der Waals surface area contributed by atoms with Gasteiger partial charge >= 0.3 is 5.97 Å². The Morgan fingerprint density at radius 3 is 2.43 bits per heavy atom. The number of esters is 1. The van der Waals surface area contributed by atoms with Gasteiger partial charge in [0.25, 0.3) is 11.6 Å². The molecular formula is C20H22N2O6. The third-order valence-electron chi connectivity index (χ3n) is 3.71. The van der Waals surface area contributed by atoms with Crippen molar-refractivity contribution in [1.29, 1.82) is 0 Å². The summed E-state index contributed by atoms with van der Waals surface area (Å²) in [6, 6.07) is 10.6. The summed E-state index contributed by atoms with van der Waals surface area (Å²) in [5.41, 5.74) is 1.10. The molecule has 0 fully saturated rings. The molecule has 0 saturated heterocycles. The summed E-state index contributed by atoms with van der Waals surface area (Å²) in [7, 11) is 0. The molecule has 0 aliphatic carbocycles. The Bertz CT molecular complexity index is 861. The van der Waals surface area contributed by atoms with E-state index in [1.54, 1.807) is 31.2 Å². The monoisotopic (exact) mass is 386 g/mol. The van der Waals surface area contributed by atoms with Gasteiger partial charge < -0.3 is 14.8 Å². The van der Waals surface area contributed by atoms with Gasteiger partial charge in [0.05, 0.1) is 22.8 Å². The van der Waals surface area contributed by atoms with Crippen molar-refractivity contribution in [3.05, 3.63) is 63.7 Å². The molecule has 0 aromatic heterocycles. The van der Waals surface area contributed by atoms with Crippen LogP contribution < -0.4 is 10.1 Å².